The van der Waals surface area contributed by atoms with E-state index in [-0.39, 0.29) is 5.75 Å². The first-order valence-corrected chi connectivity index (χ1v) is 6.39. The Morgan fingerprint density at radius 3 is 2.43 bits per heavy atom. The lowest BCUT2D eigenvalue weighted by Gasteiger charge is -2.12. The molecule has 2 rings (SSSR count). The van der Waals surface area contributed by atoms with Crippen molar-refractivity contribution in [3.05, 3.63) is 41.3 Å². The highest BCUT2D eigenvalue weighted by Crippen LogP contribution is 2.27. The van der Waals surface area contributed by atoms with E-state index in [2.05, 4.69) is 20.0 Å². The van der Waals surface area contributed by atoms with Crippen molar-refractivity contribution in [3.8, 4) is 5.75 Å². The molecular formula is C13H11ClF3N3O. The van der Waals surface area contributed by atoms with E-state index in [0.29, 0.717) is 23.1 Å². The molecule has 1 aromatic carbocycles. The van der Waals surface area contributed by atoms with E-state index in [1.807, 2.05) is 6.92 Å². The fraction of sp³-hybridized carbons (Fsp3) is 0.231. The lowest BCUT2D eigenvalue weighted by molar-refractivity contribution is -0.274. The molecule has 2 aromatic rings. The maximum atomic E-state index is 12.1. The summed E-state index contributed by atoms with van der Waals surface area (Å²) in [6.07, 6.45) is -2.77. The van der Waals surface area contributed by atoms with Crippen molar-refractivity contribution >= 4 is 23.1 Å². The van der Waals surface area contributed by atoms with E-state index < -0.39 is 6.36 Å². The Bertz CT molecular complexity index is 617. The zero-order valence-corrected chi connectivity index (χ0v) is 11.7. The van der Waals surface area contributed by atoms with Crippen LogP contribution in [0.15, 0.2) is 30.6 Å². The Kier molecular flexibility index (Phi) is 4.52. The molecule has 1 N–H and O–H groups in total. The summed E-state index contributed by atoms with van der Waals surface area (Å²) in [5.74, 6) is 0.228. The molecule has 0 bridgehead atoms. The molecule has 21 heavy (non-hydrogen) atoms. The molecule has 0 aliphatic rings. The standard InChI is InChI=1S/C13H11ClF3N3O/c1-2-10-11(14)18-7-19-12(10)20-8-3-5-9(6-4-8)21-13(15,16)17/h3-7H,2H2,1H3,(H,18,19,20). The first kappa shape index (κ1) is 15.4. The summed E-state index contributed by atoms with van der Waals surface area (Å²) in [5, 5.41) is 3.32. The summed E-state index contributed by atoms with van der Waals surface area (Å²) >= 11 is 5.96. The van der Waals surface area contributed by atoms with Gasteiger partial charge in [0, 0.05) is 11.3 Å². The average molecular weight is 318 g/mol. The van der Waals surface area contributed by atoms with Crippen LogP contribution in [-0.2, 0) is 6.42 Å². The molecule has 1 heterocycles. The molecule has 1 aromatic heterocycles. The lowest BCUT2D eigenvalue weighted by atomic mass is 10.2. The Morgan fingerprint density at radius 2 is 1.86 bits per heavy atom. The third-order valence-corrected chi connectivity index (χ3v) is 2.92. The first-order valence-electron chi connectivity index (χ1n) is 6.01. The third kappa shape index (κ3) is 4.22. The van der Waals surface area contributed by atoms with Crippen molar-refractivity contribution in [2.45, 2.75) is 19.7 Å². The highest BCUT2D eigenvalue weighted by molar-refractivity contribution is 6.30. The molecule has 0 saturated carbocycles. The van der Waals surface area contributed by atoms with Gasteiger partial charge in [-0.15, -0.1) is 13.2 Å². The number of halogens is 4. The molecule has 0 saturated heterocycles. The molecule has 112 valence electrons. The molecule has 0 fully saturated rings. The zero-order chi connectivity index (χ0) is 15.5. The van der Waals surface area contributed by atoms with Gasteiger partial charge in [0.25, 0.3) is 0 Å². The Labute approximate surface area is 123 Å². The van der Waals surface area contributed by atoms with Crippen LogP contribution in [0, 0.1) is 0 Å². The number of benzene rings is 1. The second kappa shape index (κ2) is 6.17. The van der Waals surface area contributed by atoms with Crippen LogP contribution in [0.2, 0.25) is 5.15 Å². The van der Waals surface area contributed by atoms with Gasteiger partial charge in [0.2, 0.25) is 0 Å². The van der Waals surface area contributed by atoms with E-state index >= 15 is 0 Å². The SMILES string of the molecule is CCc1c(Cl)ncnc1Nc1ccc(OC(F)(F)F)cc1. The third-order valence-electron chi connectivity index (χ3n) is 2.60. The van der Waals surface area contributed by atoms with Crippen molar-refractivity contribution in [1.82, 2.24) is 9.97 Å². The number of hydrogen-bond donors (Lipinski definition) is 1. The minimum Gasteiger partial charge on any atom is -0.406 e. The van der Waals surface area contributed by atoms with Crippen molar-refractivity contribution in [1.29, 1.82) is 0 Å². The largest absolute Gasteiger partial charge is 0.573 e. The van der Waals surface area contributed by atoms with Gasteiger partial charge < -0.3 is 10.1 Å². The fourth-order valence-corrected chi connectivity index (χ4v) is 1.96. The summed E-state index contributed by atoms with van der Waals surface area (Å²) in [6.45, 7) is 1.90. The number of rotatable bonds is 4. The lowest BCUT2D eigenvalue weighted by Crippen LogP contribution is -2.17. The van der Waals surface area contributed by atoms with Crippen molar-refractivity contribution in [2.24, 2.45) is 0 Å². The van der Waals surface area contributed by atoms with Crippen LogP contribution >= 0.6 is 11.6 Å². The maximum Gasteiger partial charge on any atom is 0.573 e. The number of nitrogens with one attached hydrogen (secondary N) is 1. The summed E-state index contributed by atoms with van der Waals surface area (Å²) in [7, 11) is 0. The van der Waals surface area contributed by atoms with Crippen LogP contribution in [0.4, 0.5) is 24.7 Å². The van der Waals surface area contributed by atoms with Crippen LogP contribution in [-0.4, -0.2) is 16.3 Å². The molecule has 0 amide bonds. The average Bonchev–Trinajstić information content (AvgIpc) is 2.40. The van der Waals surface area contributed by atoms with Crippen molar-refractivity contribution in [2.75, 3.05) is 5.32 Å². The van der Waals surface area contributed by atoms with Crippen LogP contribution in [0.5, 0.6) is 5.75 Å². The topological polar surface area (TPSA) is 47.0 Å². The van der Waals surface area contributed by atoms with Crippen LogP contribution < -0.4 is 10.1 Å². The minimum atomic E-state index is -4.70. The van der Waals surface area contributed by atoms with Gasteiger partial charge in [0.05, 0.1) is 0 Å². The van der Waals surface area contributed by atoms with Gasteiger partial charge in [-0.3, -0.25) is 0 Å². The van der Waals surface area contributed by atoms with Gasteiger partial charge in [-0.2, -0.15) is 0 Å². The zero-order valence-electron chi connectivity index (χ0n) is 10.9. The molecule has 4 nitrogen and oxygen atoms in total. The maximum absolute atomic E-state index is 12.1. The molecule has 0 atom stereocenters. The molecule has 0 unspecified atom stereocenters. The summed E-state index contributed by atoms with van der Waals surface area (Å²) in [4.78, 5) is 7.95. The van der Waals surface area contributed by atoms with Gasteiger partial charge in [0.1, 0.15) is 23.0 Å². The Hall–Kier alpha value is -2.02. The smallest absolute Gasteiger partial charge is 0.406 e. The second-order valence-electron chi connectivity index (χ2n) is 4.04. The summed E-state index contributed by atoms with van der Waals surface area (Å²) < 4.78 is 40.0. The minimum absolute atomic E-state index is 0.288. The van der Waals surface area contributed by atoms with Gasteiger partial charge in [-0.05, 0) is 30.7 Å². The van der Waals surface area contributed by atoms with E-state index in [9.17, 15) is 13.2 Å². The van der Waals surface area contributed by atoms with Crippen LogP contribution in [0.1, 0.15) is 12.5 Å². The normalized spacial score (nSPS) is 11.3. The number of aromatic nitrogens is 2. The molecule has 0 radical (unpaired) electrons. The molecular weight excluding hydrogens is 307 g/mol. The van der Waals surface area contributed by atoms with Gasteiger partial charge >= 0.3 is 6.36 Å². The first-order chi connectivity index (χ1) is 9.89. The Balaban J connectivity index is 2.16. The van der Waals surface area contributed by atoms with Crippen molar-refractivity contribution < 1.29 is 17.9 Å². The van der Waals surface area contributed by atoms with E-state index in [1.54, 1.807) is 0 Å². The summed E-state index contributed by atoms with van der Waals surface area (Å²) in [5.41, 5.74) is 1.30. The number of ether oxygens (including phenoxy) is 1. The molecule has 8 heteroatoms. The number of anilines is 2. The predicted octanol–water partition coefficient (Wildman–Crippen LogP) is 4.33. The molecule has 0 spiro atoms. The molecule has 0 aliphatic heterocycles. The van der Waals surface area contributed by atoms with Crippen molar-refractivity contribution in [3.63, 3.8) is 0 Å². The second-order valence-corrected chi connectivity index (χ2v) is 4.40. The van der Waals surface area contributed by atoms with Gasteiger partial charge in [-0.1, -0.05) is 18.5 Å². The number of alkyl halides is 3. The van der Waals surface area contributed by atoms with Gasteiger partial charge in [-0.25, -0.2) is 9.97 Å². The predicted molar refractivity (Wildman–Crippen MR) is 72.8 cm³/mol. The number of nitrogens with zero attached hydrogens (tertiary/aromatic N) is 2. The van der Waals surface area contributed by atoms with E-state index in [0.717, 1.165) is 5.56 Å². The van der Waals surface area contributed by atoms with Gasteiger partial charge in [0.15, 0.2) is 0 Å². The van der Waals surface area contributed by atoms with Crippen LogP contribution in [0.25, 0.3) is 0 Å². The monoisotopic (exact) mass is 317 g/mol. The highest BCUT2D eigenvalue weighted by atomic mass is 35.5. The van der Waals surface area contributed by atoms with Crippen LogP contribution in [0.3, 0.4) is 0 Å². The highest BCUT2D eigenvalue weighted by Gasteiger charge is 2.30. The number of hydrogen-bond acceptors (Lipinski definition) is 4. The summed E-state index contributed by atoms with van der Waals surface area (Å²) in [6, 6.07) is 5.33. The fourth-order valence-electron chi connectivity index (χ4n) is 1.69. The van der Waals surface area contributed by atoms with E-state index in [4.69, 9.17) is 11.6 Å². The Morgan fingerprint density at radius 1 is 1.19 bits per heavy atom. The quantitative estimate of drug-likeness (QED) is 0.852. The molecule has 0 aliphatic carbocycles. The van der Waals surface area contributed by atoms with E-state index in [1.165, 1.54) is 30.6 Å².